The molecule has 2 nitrogen and oxygen atoms in total. The molecule has 1 rings (SSSR count). The molecular weight excluding hydrogens is 176 g/mol. The van der Waals surface area contributed by atoms with Crippen molar-refractivity contribution in [1.82, 2.24) is 0 Å². The molecule has 0 radical (unpaired) electrons. The van der Waals surface area contributed by atoms with E-state index in [1.165, 1.54) is 44.9 Å². The molecule has 2 heteroatoms. The lowest BCUT2D eigenvalue weighted by molar-refractivity contribution is -0.0480. The number of unbranched alkanes of at least 4 members (excludes halogenated alkanes) is 6. The van der Waals surface area contributed by atoms with Gasteiger partial charge in [-0.2, -0.15) is 0 Å². The van der Waals surface area contributed by atoms with Crippen LogP contribution in [-0.4, -0.2) is 19.5 Å². The Bertz CT molecular complexity index is 119. The van der Waals surface area contributed by atoms with E-state index in [0.29, 0.717) is 0 Å². The van der Waals surface area contributed by atoms with E-state index in [0.717, 1.165) is 19.6 Å². The Kier molecular flexibility index (Phi) is 7.06. The second-order valence-electron chi connectivity index (χ2n) is 4.08. The van der Waals surface area contributed by atoms with Crippen LogP contribution in [0.5, 0.6) is 0 Å². The van der Waals surface area contributed by atoms with Gasteiger partial charge in [0.05, 0.1) is 13.2 Å². The fourth-order valence-electron chi connectivity index (χ4n) is 1.84. The molecule has 0 spiro atoms. The molecule has 14 heavy (non-hydrogen) atoms. The smallest absolute Gasteiger partial charge is 0.157 e. The van der Waals surface area contributed by atoms with E-state index in [1.54, 1.807) is 0 Å². The van der Waals surface area contributed by atoms with Gasteiger partial charge in [-0.25, -0.2) is 0 Å². The maximum Gasteiger partial charge on any atom is 0.157 e. The molecule has 1 aliphatic rings. The van der Waals surface area contributed by atoms with Crippen molar-refractivity contribution >= 4 is 0 Å². The zero-order valence-corrected chi connectivity index (χ0v) is 9.46. The monoisotopic (exact) mass is 200 g/mol. The highest BCUT2D eigenvalue weighted by atomic mass is 16.7. The Morgan fingerprint density at radius 2 is 1.43 bits per heavy atom. The van der Waals surface area contributed by atoms with Crippen LogP contribution < -0.4 is 0 Å². The average Bonchev–Trinajstić information content (AvgIpc) is 2.69. The minimum Gasteiger partial charge on any atom is -0.350 e. The molecule has 1 fully saturated rings. The van der Waals surface area contributed by atoms with Crippen LogP contribution in [0.15, 0.2) is 0 Å². The zero-order valence-electron chi connectivity index (χ0n) is 9.46. The molecule has 0 amide bonds. The fourth-order valence-corrected chi connectivity index (χ4v) is 1.84. The van der Waals surface area contributed by atoms with Gasteiger partial charge in [0.15, 0.2) is 6.29 Å². The Balaban J connectivity index is 1.75. The molecule has 0 bridgehead atoms. The Labute approximate surface area is 88.0 Å². The average molecular weight is 200 g/mol. The number of rotatable bonds is 8. The lowest BCUT2D eigenvalue weighted by Gasteiger charge is -2.07. The lowest BCUT2D eigenvalue weighted by atomic mass is 10.1. The van der Waals surface area contributed by atoms with Gasteiger partial charge in [0, 0.05) is 0 Å². The highest BCUT2D eigenvalue weighted by Crippen LogP contribution is 2.14. The van der Waals surface area contributed by atoms with Crippen LogP contribution >= 0.6 is 0 Å². The van der Waals surface area contributed by atoms with Gasteiger partial charge in [-0.1, -0.05) is 45.4 Å². The first-order chi connectivity index (χ1) is 6.93. The minimum atomic E-state index is 0.116. The molecule has 0 atom stereocenters. The van der Waals surface area contributed by atoms with Crippen LogP contribution in [0.1, 0.15) is 58.3 Å². The third-order valence-corrected chi connectivity index (χ3v) is 2.73. The molecule has 84 valence electrons. The number of hydrogen-bond acceptors (Lipinski definition) is 2. The van der Waals surface area contributed by atoms with Crippen LogP contribution in [-0.2, 0) is 9.47 Å². The second-order valence-corrected chi connectivity index (χ2v) is 4.08. The highest BCUT2D eigenvalue weighted by Gasteiger charge is 2.14. The number of hydrogen-bond donors (Lipinski definition) is 0. The van der Waals surface area contributed by atoms with Gasteiger partial charge in [0.1, 0.15) is 0 Å². The molecule has 0 unspecified atom stereocenters. The fraction of sp³-hybridized carbons (Fsp3) is 1.00. The molecule has 1 heterocycles. The molecule has 0 aromatic heterocycles. The largest absolute Gasteiger partial charge is 0.350 e. The van der Waals surface area contributed by atoms with E-state index in [4.69, 9.17) is 9.47 Å². The first-order valence-corrected chi connectivity index (χ1v) is 6.16. The SMILES string of the molecule is CCCCCCCCCC1OCCO1. The van der Waals surface area contributed by atoms with Gasteiger partial charge in [-0.3, -0.25) is 0 Å². The molecule has 1 aliphatic heterocycles. The van der Waals surface area contributed by atoms with E-state index < -0.39 is 0 Å². The zero-order chi connectivity index (χ0) is 10.1. The Hall–Kier alpha value is -0.0800. The van der Waals surface area contributed by atoms with Gasteiger partial charge in [0.2, 0.25) is 0 Å². The van der Waals surface area contributed by atoms with Gasteiger partial charge >= 0.3 is 0 Å². The van der Waals surface area contributed by atoms with E-state index in [2.05, 4.69) is 6.92 Å². The molecule has 0 aliphatic carbocycles. The summed E-state index contributed by atoms with van der Waals surface area (Å²) >= 11 is 0. The summed E-state index contributed by atoms with van der Waals surface area (Å²) in [5.74, 6) is 0. The predicted octanol–water partition coefficient (Wildman–Crippen LogP) is 3.50. The van der Waals surface area contributed by atoms with Crippen molar-refractivity contribution in [2.24, 2.45) is 0 Å². The molecule has 0 aromatic carbocycles. The summed E-state index contributed by atoms with van der Waals surface area (Å²) in [7, 11) is 0. The summed E-state index contributed by atoms with van der Waals surface area (Å²) in [6.45, 7) is 3.84. The normalized spacial score (nSPS) is 17.8. The van der Waals surface area contributed by atoms with Gasteiger partial charge in [-0.05, 0) is 12.8 Å². The molecule has 1 saturated heterocycles. The molecule has 0 aromatic rings. The third-order valence-electron chi connectivity index (χ3n) is 2.73. The van der Waals surface area contributed by atoms with Crippen LogP contribution in [0.3, 0.4) is 0 Å². The maximum atomic E-state index is 5.38. The molecule has 0 N–H and O–H groups in total. The van der Waals surface area contributed by atoms with E-state index in [9.17, 15) is 0 Å². The van der Waals surface area contributed by atoms with Crippen LogP contribution in [0.2, 0.25) is 0 Å². The quantitative estimate of drug-likeness (QED) is 0.558. The van der Waals surface area contributed by atoms with Crippen molar-refractivity contribution in [1.29, 1.82) is 0 Å². The van der Waals surface area contributed by atoms with Gasteiger partial charge < -0.3 is 9.47 Å². The van der Waals surface area contributed by atoms with E-state index in [1.807, 2.05) is 0 Å². The van der Waals surface area contributed by atoms with Crippen LogP contribution in [0.4, 0.5) is 0 Å². The van der Waals surface area contributed by atoms with Crippen molar-refractivity contribution in [3.05, 3.63) is 0 Å². The van der Waals surface area contributed by atoms with E-state index in [-0.39, 0.29) is 6.29 Å². The predicted molar refractivity (Wildman–Crippen MR) is 58.3 cm³/mol. The van der Waals surface area contributed by atoms with Crippen LogP contribution in [0.25, 0.3) is 0 Å². The van der Waals surface area contributed by atoms with Gasteiger partial charge in [0.25, 0.3) is 0 Å². The highest BCUT2D eigenvalue weighted by molar-refractivity contribution is 4.53. The first kappa shape index (κ1) is 12.0. The Morgan fingerprint density at radius 3 is 2.07 bits per heavy atom. The van der Waals surface area contributed by atoms with E-state index >= 15 is 0 Å². The summed E-state index contributed by atoms with van der Waals surface area (Å²) in [5.41, 5.74) is 0. The maximum absolute atomic E-state index is 5.38. The molecule has 0 saturated carbocycles. The number of ether oxygens (including phenoxy) is 2. The Morgan fingerprint density at radius 1 is 0.857 bits per heavy atom. The first-order valence-electron chi connectivity index (χ1n) is 6.16. The van der Waals surface area contributed by atoms with Crippen molar-refractivity contribution in [2.45, 2.75) is 64.6 Å². The second kappa shape index (κ2) is 8.25. The van der Waals surface area contributed by atoms with Crippen molar-refractivity contribution in [2.75, 3.05) is 13.2 Å². The van der Waals surface area contributed by atoms with Crippen molar-refractivity contribution in [3.8, 4) is 0 Å². The summed E-state index contributed by atoms with van der Waals surface area (Å²) < 4.78 is 10.8. The standard InChI is InChI=1S/C12H24O2/c1-2-3-4-5-6-7-8-9-12-13-10-11-14-12/h12H,2-11H2,1H3. The molecular formula is C12H24O2. The summed E-state index contributed by atoms with van der Waals surface area (Å²) in [6.07, 6.45) is 10.7. The summed E-state index contributed by atoms with van der Waals surface area (Å²) in [5, 5.41) is 0. The summed E-state index contributed by atoms with van der Waals surface area (Å²) in [6, 6.07) is 0. The van der Waals surface area contributed by atoms with Crippen molar-refractivity contribution in [3.63, 3.8) is 0 Å². The van der Waals surface area contributed by atoms with Gasteiger partial charge in [-0.15, -0.1) is 0 Å². The van der Waals surface area contributed by atoms with Crippen molar-refractivity contribution < 1.29 is 9.47 Å². The minimum absolute atomic E-state index is 0.116. The third kappa shape index (κ3) is 5.61. The van der Waals surface area contributed by atoms with Crippen LogP contribution in [0, 0.1) is 0 Å². The lowest BCUT2D eigenvalue weighted by Crippen LogP contribution is -2.06. The summed E-state index contributed by atoms with van der Waals surface area (Å²) in [4.78, 5) is 0. The topological polar surface area (TPSA) is 18.5 Å².